The Morgan fingerprint density at radius 3 is 2.17 bits per heavy atom. The molecule has 1 saturated heterocycles. The summed E-state index contributed by atoms with van der Waals surface area (Å²) in [4.78, 5) is 0.00795. The summed E-state index contributed by atoms with van der Waals surface area (Å²) in [7, 11) is -7.61. The molecule has 0 bridgehead atoms. The lowest BCUT2D eigenvalue weighted by atomic mass is 10.2. The quantitative estimate of drug-likeness (QED) is 0.630. The summed E-state index contributed by atoms with van der Waals surface area (Å²) in [5.41, 5.74) is 0.550. The van der Waals surface area contributed by atoms with Gasteiger partial charge in [-0.05, 0) is 42.0 Å². The molecule has 2 aromatic carbocycles. The molecule has 0 spiro atoms. The third-order valence-corrected chi connectivity index (χ3v) is 8.75. The molecule has 0 unspecified atom stereocenters. The number of hydrogen-bond acceptors (Lipinski definition) is 5. The number of sulfonamides is 2. The van der Waals surface area contributed by atoms with Crippen LogP contribution in [0.15, 0.2) is 53.4 Å². The van der Waals surface area contributed by atoms with E-state index in [0.29, 0.717) is 36.8 Å². The molecule has 0 amide bonds. The van der Waals surface area contributed by atoms with Crippen LogP contribution in [0.3, 0.4) is 0 Å². The van der Waals surface area contributed by atoms with Crippen LogP contribution in [-0.2, 0) is 26.6 Å². The highest BCUT2D eigenvalue weighted by atomic mass is 35.5. The van der Waals surface area contributed by atoms with E-state index in [4.69, 9.17) is 11.6 Å². The van der Waals surface area contributed by atoms with Crippen LogP contribution < -0.4 is 5.32 Å². The molecule has 30 heavy (non-hydrogen) atoms. The van der Waals surface area contributed by atoms with Gasteiger partial charge in [0.05, 0.1) is 10.6 Å². The van der Waals surface area contributed by atoms with Gasteiger partial charge in [-0.3, -0.25) is 0 Å². The number of halogens is 2. The predicted octanol–water partition coefficient (Wildman–Crippen LogP) is 1.90. The maximum atomic E-state index is 13.2. The van der Waals surface area contributed by atoms with Crippen molar-refractivity contribution in [2.45, 2.75) is 11.4 Å². The van der Waals surface area contributed by atoms with Gasteiger partial charge in [-0.15, -0.1) is 0 Å². The molecule has 3 rings (SSSR count). The highest BCUT2D eigenvalue weighted by molar-refractivity contribution is 7.90. The van der Waals surface area contributed by atoms with Gasteiger partial charge in [-0.2, -0.15) is 8.61 Å². The summed E-state index contributed by atoms with van der Waals surface area (Å²) in [6, 6.07) is 11.1. The van der Waals surface area contributed by atoms with Gasteiger partial charge in [0.15, 0.2) is 0 Å². The minimum absolute atomic E-state index is 0.00795. The first kappa shape index (κ1) is 23.1. The summed E-state index contributed by atoms with van der Waals surface area (Å²) in [6.45, 7) is 1.51. The highest BCUT2D eigenvalue weighted by Crippen LogP contribution is 2.21. The monoisotopic (exact) mass is 475 g/mol. The van der Waals surface area contributed by atoms with Gasteiger partial charge in [0.1, 0.15) is 5.82 Å². The lowest BCUT2D eigenvalue weighted by Crippen LogP contribution is -2.48. The van der Waals surface area contributed by atoms with Crippen LogP contribution >= 0.6 is 11.6 Å². The van der Waals surface area contributed by atoms with Crippen LogP contribution in [-0.4, -0.2) is 63.9 Å². The van der Waals surface area contributed by atoms with E-state index in [1.165, 1.54) is 52.8 Å². The maximum Gasteiger partial charge on any atom is 0.243 e. The fourth-order valence-electron chi connectivity index (χ4n) is 3.10. The Morgan fingerprint density at radius 1 is 0.967 bits per heavy atom. The summed E-state index contributed by atoms with van der Waals surface area (Å²) in [6.07, 6.45) is 0. The van der Waals surface area contributed by atoms with Gasteiger partial charge in [0.25, 0.3) is 0 Å². The van der Waals surface area contributed by atoms with Gasteiger partial charge in [0.2, 0.25) is 20.0 Å². The molecule has 1 N–H and O–H groups in total. The molecule has 0 aliphatic carbocycles. The normalized spacial score (nSPS) is 16.1. The van der Waals surface area contributed by atoms with E-state index in [9.17, 15) is 21.2 Å². The smallest absolute Gasteiger partial charge is 0.243 e. The lowest BCUT2D eigenvalue weighted by molar-refractivity contribution is 0.355. The Balaban J connectivity index is 1.85. The van der Waals surface area contributed by atoms with E-state index in [1.54, 1.807) is 0 Å². The van der Waals surface area contributed by atoms with E-state index < -0.39 is 25.9 Å². The average Bonchev–Trinajstić information content (AvgIpc) is 2.73. The fraction of sp³-hybridized carbons (Fsp3) is 0.368. The Labute approximate surface area is 181 Å². The van der Waals surface area contributed by atoms with Crippen molar-refractivity contribution in [2.75, 3.05) is 38.5 Å². The third-order valence-electron chi connectivity index (χ3n) is 4.79. The molecule has 0 atom stereocenters. The minimum Gasteiger partial charge on any atom is -0.314 e. The molecule has 164 valence electrons. The summed E-state index contributed by atoms with van der Waals surface area (Å²) in [5.74, 6) is -0.784. The van der Waals surface area contributed by atoms with Crippen molar-refractivity contribution in [1.82, 2.24) is 13.9 Å². The van der Waals surface area contributed by atoms with Crippen LogP contribution in [0.2, 0.25) is 5.02 Å². The molecule has 1 aliphatic rings. The van der Waals surface area contributed by atoms with Crippen LogP contribution in [0.4, 0.5) is 4.39 Å². The molecule has 11 heteroatoms. The Hall–Kier alpha value is -1.56. The predicted molar refractivity (Wildman–Crippen MR) is 114 cm³/mol. The Bertz CT molecular complexity index is 1060. The van der Waals surface area contributed by atoms with Gasteiger partial charge in [0, 0.05) is 44.3 Å². The number of nitrogens with zero attached hydrogens (tertiary/aromatic N) is 2. The first-order chi connectivity index (χ1) is 14.2. The van der Waals surface area contributed by atoms with Crippen molar-refractivity contribution in [2.24, 2.45) is 0 Å². The zero-order valence-corrected chi connectivity index (χ0v) is 18.6. The average molecular weight is 476 g/mol. The molecular weight excluding hydrogens is 453 g/mol. The standard InChI is InChI=1S/C19H23ClFN3O4S2/c20-17-3-7-19(8-4-17)30(27,28)24(15-16-1-5-18(21)6-2-16)13-14-29(25,26)23-11-9-22-10-12-23/h1-8,22H,9-15H2. The number of nitrogens with one attached hydrogen (secondary N) is 1. The van der Waals surface area contributed by atoms with Crippen molar-refractivity contribution in [1.29, 1.82) is 0 Å². The highest BCUT2D eigenvalue weighted by Gasteiger charge is 2.29. The zero-order chi connectivity index (χ0) is 21.8. The molecule has 1 aliphatic heterocycles. The van der Waals surface area contributed by atoms with Crippen molar-refractivity contribution in [3.8, 4) is 0 Å². The van der Waals surface area contributed by atoms with E-state index in [1.807, 2.05) is 0 Å². The zero-order valence-electron chi connectivity index (χ0n) is 16.2. The molecule has 1 fully saturated rings. The first-order valence-electron chi connectivity index (χ1n) is 9.37. The molecule has 1 heterocycles. The topological polar surface area (TPSA) is 86.8 Å². The van der Waals surface area contributed by atoms with E-state index in [0.717, 1.165) is 4.31 Å². The van der Waals surface area contributed by atoms with Crippen molar-refractivity contribution >= 4 is 31.6 Å². The Morgan fingerprint density at radius 2 is 1.57 bits per heavy atom. The molecule has 2 aromatic rings. The van der Waals surface area contributed by atoms with Gasteiger partial charge in [-0.25, -0.2) is 21.2 Å². The molecule has 0 aromatic heterocycles. The number of hydrogen-bond donors (Lipinski definition) is 1. The number of piperazine rings is 1. The summed E-state index contributed by atoms with van der Waals surface area (Å²) < 4.78 is 67.5. The van der Waals surface area contributed by atoms with E-state index >= 15 is 0 Å². The largest absolute Gasteiger partial charge is 0.314 e. The van der Waals surface area contributed by atoms with Gasteiger partial charge in [-0.1, -0.05) is 23.7 Å². The van der Waals surface area contributed by atoms with Crippen LogP contribution in [0.1, 0.15) is 5.56 Å². The van der Waals surface area contributed by atoms with Crippen LogP contribution in [0, 0.1) is 5.82 Å². The Kier molecular flexibility index (Phi) is 7.48. The third kappa shape index (κ3) is 5.77. The van der Waals surface area contributed by atoms with E-state index in [2.05, 4.69) is 5.32 Å². The van der Waals surface area contributed by atoms with Crippen molar-refractivity contribution < 1.29 is 21.2 Å². The summed E-state index contributed by atoms with van der Waals surface area (Å²) in [5, 5.41) is 3.47. The van der Waals surface area contributed by atoms with Crippen LogP contribution in [0.25, 0.3) is 0 Å². The van der Waals surface area contributed by atoms with Crippen molar-refractivity contribution in [3.63, 3.8) is 0 Å². The second kappa shape index (κ2) is 9.71. The second-order valence-electron chi connectivity index (χ2n) is 6.88. The number of rotatable bonds is 8. The fourth-order valence-corrected chi connectivity index (χ4v) is 6.22. The molecule has 7 nitrogen and oxygen atoms in total. The van der Waals surface area contributed by atoms with Gasteiger partial charge >= 0.3 is 0 Å². The summed E-state index contributed by atoms with van der Waals surface area (Å²) >= 11 is 5.86. The lowest BCUT2D eigenvalue weighted by Gasteiger charge is -2.28. The first-order valence-corrected chi connectivity index (χ1v) is 12.8. The van der Waals surface area contributed by atoms with Crippen LogP contribution in [0.5, 0.6) is 0 Å². The number of benzene rings is 2. The molecular formula is C19H23ClFN3O4S2. The second-order valence-corrected chi connectivity index (χ2v) is 11.3. The SMILES string of the molecule is O=S(=O)(CCN(Cc1ccc(F)cc1)S(=O)(=O)c1ccc(Cl)cc1)N1CCNCC1. The maximum absolute atomic E-state index is 13.2. The molecule has 0 radical (unpaired) electrons. The molecule has 0 saturated carbocycles. The van der Waals surface area contributed by atoms with Crippen molar-refractivity contribution in [3.05, 3.63) is 64.9 Å². The minimum atomic E-state index is -3.99. The van der Waals surface area contributed by atoms with Gasteiger partial charge < -0.3 is 5.32 Å². The van der Waals surface area contributed by atoms with E-state index in [-0.39, 0.29) is 23.7 Å².